The van der Waals surface area contributed by atoms with Gasteiger partial charge in [-0.15, -0.1) is 11.3 Å². The molecule has 0 atom stereocenters. The molecule has 0 aliphatic carbocycles. The molecule has 33 heavy (non-hydrogen) atoms. The number of ether oxygens (including phenoxy) is 1. The van der Waals surface area contributed by atoms with Gasteiger partial charge in [0.15, 0.2) is 11.0 Å². The maximum atomic E-state index is 11.7. The lowest BCUT2D eigenvalue weighted by Gasteiger charge is -2.29. The molecule has 7 nitrogen and oxygen atoms in total. The van der Waals surface area contributed by atoms with E-state index in [1.54, 1.807) is 0 Å². The van der Waals surface area contributed by atoms with Crippen molar-refractivity contribution >= 4 is 51.6 Å². The molecule has 9 heteroatoms. The van der Waals surface area contributed by atoms with Crippen LogP contribution in [0.3, 0.4) is 0 Å². The van der Waals surface area contributed by atoms with E-state index in [2.05, 4.69) is 44.1 Å². The van der Waals surface area contributed by atoms with E-state index < -0.39 is 11.7 Å². The van der Waals surface area contributed by atoms with Gasteiger partial charge < -0.3 is 20.3 Å². The third kappa shape index (κ3) is 6.26. The molecule has 1 amide bonds. The summed E-state index contributed by atoms with van der Waals surface area (Å²) in [5.74, 6) is 0.584. The number of amides is 1. The van der Waals surface area contributed by atoms with Gasteiger partial charge in [0, 0.05) is 36.7 Å². The van der Waals surface area contributed by atoms with Crippen LogP contribution in [-0.2, 0) is 17.7 Å². The van der Waals surface area contributed by atoms with Crippen LogP contribution < -0.4 is 15.5 Å². The number of benzene rings is 1. The molecule has 0 spiro atoms. The van der Waals surface area contributed by atoms with Gasteiger partial charge >= 0.3 is 6.09 Å². The van der Waals surface area contributed by atoms with Gasteiger partial charge in [-0.05, 0) is 75.2 Å². The van der Waals surface area contributed by atoms with Gasteiger partial charge in [0.05, 0.1) is 11.0 Å². The van der Waals surface area contributed by atoms with Crippen molar-refractivity contribution in [3.05, 3.63) is 45.2 Å². The van der Waals surface area contributed by atoms with Crippen molar-refractivity contribution in [2.45, 2.75) is 52.2 Å². The molecule has 1 aliphatic heterocycles. The molecule has 4 rings (SSSR count). The van der Waals surface area contributed by atoms with Gasteiger partial charge in [-0.25, -0.2) is 14.8 Å². The van der Waals surface area contributed by atoms with Crippen molar-refractivity contribution in [2.75, 3.05) is 29.9 Å². The number of hydrogen-bond donors (Lipinski definition) is 2. The summed E-state index contributed by atoms with van der Waals surface area (Å²) >= 11 is 8.21. The molecule has 176 valence electrons. The summed E-state index contributed by atoms with van der Waals surface area (Å²) in [4.78, 5) is 24.8. The van der Waals surface area contributed by atoms with Gasteiger partial charge in [-0.1, -0.05) is 11.6 Å². The maximum absolute atomic E-state index is 11.7. The summed E-state index contributed by atoms with van der Waals surface area (Å²) in [6, 6.07) is 8.39. The standard InChI is InChI=1S/C24H30ClN5O2S/c1-24(2,3)32-23(31)27-11-5-4-10-26-22-21(25)28-18-7-6-17(14-19(18)29-22)30-12-8-20-16(15-30)9-13-33-20/h6-7,9,13-14H,4-5,8,10-12,15H2,1-3H3,(H,26,29)(H,27,31). The Labute approximate surface area is 203 Å². The fourth-order valence-electron chi connectivity index (χ4n) is 3.76. The highest BCUT2D eigenvalue weighted by Crippen LogP contribution is 2.30. The Hall–Kier alpha value is -2.58. The molecule has 2 aromatic heterocycles. The second-order valence-corrected chi connectivity index (χ2v) is 10.5. The number of halogens is 1. The molecule has 0 unspecified atom stereocenters. The molecular weight excluding hydrogens is 458 g/mol. The van der Waals surface area contributed by atoms with Crippen LogP contribution in [0, 0.1) is 0 Å². The summed E-state index contributed by atoms with van der Waals surface area (Å²) in [5, 5.41) is 8.58. The summed E-state index contributed by atoms with van der Waals surface area (Å²) in [7, 11) is 0. The molecule has 0 bridgehead atoms. The Morgan fingerprint density at radius 3 is 2.82 bits per heavy atom. The fraction of sp³-hybridized carbons (Fsp3) is 0.458. The predicted octanol–water partition coefficient (Wildman–Crippen LogP) is 5.62. The molecule has 1 aliphatic rings. The second kappa shape index (κ2) is 10.1. The summed E-state index contributed by atoms with van der Waals surface area (Å²) in [5.41, 5.74) is 3.68. The van der Waals surface area contributed by atoms with Crippen molar-refractivity contribution < 1.29 is 9.53 Å². The molecule has 1 aromatic carbocycles. The van der Waals surface area contributed by atoms with Crippen molar-refractivity contribution in [3.8, 4) is 0 Å². The van der Waals surface area contributed by atoms with E-state index in [0.717, 1.165) is 49.1 Å². The molecule has 0 saturated carbocycles. The SMILES string of the molecule is CC(C)(C)OC(=O)NCCCCNc1nc2cc(N3CCc4sccc4C3)ccc2nc1Cl. The predicted molar refractivity (Wildman–Crippen MR) is 136 cm³/mol. The van der Waals surface area contributed by atoms with Gasteiger partial charge in [-0.2, -0.15) is 0 Å². The van der Waals surface area contributed by atoms with Crippen LogP contribution in [0.5, 0.6) is 0 Å². The third-order valence-electron chi connectivity index (χ3n) is 5.34. The van der Waals surface area contributed by atoms with E-state index in [4.69, 9.17) is 21.3 Å². The Morgan fingerprint density at radius 1 is 1.18 bits per heavy atom. The molecule has 0 saturated heterocycles. The highest BCUT2D eigenvalue weighted by atomic mass is 35.5. The number of nitrogens with one attached hydrogen (secondary N) is 2. The van der Waals surface area contributed by atoms with Crippen molar-refractivity contribution in [3.63, 3.8) is 0 Å². The van der Waals surface area contributed by atoms with Crippen LogP contribution in [0.25, 0.3) is 11.0 Å². The van der Waals surface area contributed by atoms with Crippen molar-refractivity contribution in [1.82, 2.24) is 15.3 Å². The first-order valence-corrected chi connectivity index (χ1v) is 12.5. The Bertz CT molecular complexity index is 1130. The zero-order chi connectivity index (χ0) is 23.4. The monoisotopic (exact) mass is 487 g/mol. The smallest absolute Gasteiger partial charge is 0.407 e. The quantitative estimate of drug-likeness (QED) is 0.421. The average molecular weight is 488 g/mol. The number of fused-ring (bicyclic) bond motifs is 2. The number of alkyl carbamates (subject to hydrolysis) is 1. The van der Waals surface area contributed by atoms with Crippen LogP contribution >= 0.6 is 22.9 Å². The lowest BCUT2D eigenvalue weighted by molar-refractivity contribution is 0.0527. The molecule has 2 N–H and O–H groups in total. The van der Waals surface area contributed by atoms with Gasteiger partial charge in [0.25, 0.3) is 0 Å². The summed E-state index contributed by atoms with van der Waals surface area (Å²) in [6.07, 6.45) is 2.35. The molecule has 3 heterocycles. The number of thiophene rings is 1. The minimum Gasteiger partial charge on any atom is -0.444 e. The number of aromatic nitrogens is 2. The van der Waals surface area contributed by atoms with Crippen LogP contribution in [0.15, 0.2) is 29.6 Å². The highest BCUT2D eigenvalue weighted by molar-refractivity contribution is 7.10. The van der Waals surface area contributed by atoms with Crippen LogP contribution in [0.2, 0.25) is 5.15 Å². The number of carbonyl (C=O) groups is 1. The highest BCUT2D eigenvalue weighted by Gasteiger charge is 2.18. The summed E-state index contributed by atoms with van der Waals surface area (Å²) < 4.78 is 5.23. The Balaban J connectivity index is 1.32. The fourth-order valence-corrected chi connectivity index (χ4v) is 4.85. The number of rotatable bonds is 7. The minimum atomic E-state index is -0.488. The summed E-state index contributed by atoms with van der Waals surface area (Å²) in [6.45, 7) is 8.71. The molecule has 0 fully saturated rings. The molecule has 0 radical (unpaired) electrons. The zero-order valence-corrected chi connectivity index (χ0v) is 20.9. The van der Waals surface area contributed by atoms with Gasteiger partial charge in [0.1, 0.15) is 5.60 Å². The van der Waals surface area contributed by atoms with E-state index in [1.807, 2.05) is 38.2 Å². The van der Waals surface area contributed by atoms with Crippen molar-refractivity contribution in [1.29, 1.82) is 0 Å². The van der Waals surface area contributed by atoms with Crippen LogP contribution in [-0.4, -0.2) is 41.3 Å². The second-order valence-electron chi connectivity index (χ2n) is 9.14. The van der Waals surface area contributed by atoms with E-state index in [9.17, 15) is 4.79 Å². The minimum absolute atomic E-state index is 0.364. The van der Waals surface area contributed by atoms with E-state index in [0.29, 0.717) is 24.1 Å². The number of hydrogen-bond acceptors (Lipinski definition) is 7. The Kier molecular flexibility index (Phi) is 7.24. The van der Waals surface area contributed by atoms with E-state index in [-0.39, 0.29) is 0 Å². The maximum Gasteiger partial charge on any atom is 0.407 e. The van der Waals surface area contributed by atoms with E-state index >= 15 is 0 Å². The number of unbranched alkanes of at least 4 members (excludes halogenated alkanes) is 1. The lowest BCUT2D eigenvalue weighted by atomic mass is 10.1. The van der Waals surface area contributed by atoms with Crippen LogP contribution in [0.4, 0.5) is 16.3 Å². The number of nitrogens with zero attached hydrogens (tertiary/aromatic N) is 3. The first kappa shape index (κ1) is 23.6. The van der Waals surface area contributed by atoms with Crippen LogP contribution in [0.1, 0.15) is 44.1 Å². The number of carbonyl (C=O) groups excluding carboxylic acids is 1. The first-order chi connectivity index (χ1) is 15.8. The Morgan fingerprint density at radius 2 is 2.00 bits per heavy atom. The molecular formula is C24H30ClN5O2S. The average Bonchev–Trinajstić information content (AvgIpc) is 3.22. The lowest BCUT2D eigenvalue weighted by Crippen LogP contribution is -2.33. The third-order valence-corrected chi connectivity index (χ3v) is 6.63. The topological polar surface area (TPSA) is 79.4 Å². The number of anilines is 2. The largest absolute Gasteiger partial charge is 0.444 e. The van der Waals surface area contributed by atoms with Crippen molar-refractivity contribution in [2.24, 2.45) is 0 Å². The first-order valence-electron chi connectivity index (χ1n) is 11.3. The van der Waals surface area contributed by atoms with E-state index in [1.165, 1.54) is 10.4 Å². The van der Waals surface area contributed by atoms with Gasteiger partial charge in [-0.3, -0.25) is 0 Å². The normalized spacial score (nSPS) is 13.6. The zero-order valence-electron chi connectivity index (χ0n) is 19.3. The van der Waals surface area contributed by atoms with Gasteiger partial charge in [0.2, 0.25) is 0 Å². The molecule has 3 aromatic rings.